The van der Waals surface area contributed by atoms with Gasteiger partial charge in [0, 0.05) is 17.7 Å². The standard InChI is InChI=1S/C13H13NO6/c1-8(15)7-12(17)20-13(9(2)16)10-3-5-11(6-4-10)14(18)19/h3-6,13H,7H2,1-2H3. The maximum atomic E-state index is 11.5. The van der Waals surface area contributed by atoms with Crippen LogP contribution in [0, 0.1) is 10.1 Å². The Morgan fingerprint density at radius 3 is 2.15 bits per heavy atom. The van der Waals surface area contributed by atoms with Gasteiger partial charge in [-0.1, -0.05) is 0 Å². The highest BCUT2D eigenvalue weighted by molar-refractivity contribution is 5.95. The summed E-state index contributed by atoms with van der Waals surface area (Å²) in [5.74, 6) is -1.62. The topological polar surface area (TPSA) is 104 Å². The first-order chi connectivity index (χ1) is 9.31. The molecular weight excluding hydrogens is 266 g/mol. The Morgan fingerprint density at radius 2 is 1.75 bits per heavy atom. The molecule has 1 unspecified atom stereocenters. The molecule has 1 aromatic carbocycles. The van der Waals surface area contributed by atoms with Gasteiger partial charge in [0.05, 0.1) is 4.92 Å². The number of ketones is 2. The van der Waals surface area contributed by atoms with Gasteiger partial charge in [-0.05, 0) is 26.0 Å². The normalized spacial score (nSPS) is 11.5. The molecule has 0 aromatic heterocycles. The van der Waals surface area contributed by atoms with Crippen molar-refractivity contribution in [2.75, 3.05) is 0 Å². The Labute approximate surface area is 114 Å². The summed E-state index contributed by atoms with van der Waals surface area (Å²) in [5, 5.41) is 10.5. The predicted molar refractivity (Wildman–Crippen MR) is 67.9 cm³/mol. The second kappa shape index (κ2) is 6.55. The molecule has 0 saturated carbocycles. The average Bonchev–Trinajstić information content (AvgIpc) is 2.35. The number of nitro benzene ring substituents is 1. The molecule has 1 rings (SSSR count). The van der Waals surface area contributed by atoms with E-state index in [0.717, 1.165) is 0 Å². The molecule has 0 radical (unpaired) electrons. The van der Waals surface area contributed by atoms with Crippen LogP contribution in [0.3, 0.4) is 0 Å². The lowest BCUT2D eigenvalue weighted by Gasteiger charge is -2.14. The van der Waals surface area contributed by atoms with E-state index in [1.807, 2.05) is 0 Å². The van der Waals surface area contributed by atoms with Crippen molar-refractivity contribution in [3.63, 3.8) is 0 Å². The van der Waals surface area contributed by atoms with Gasteiger partial charge in [-0.3, -0.25) is 24.5 Å². The van der Waals surface area contributed by atoms with Crippen LogP contribution < -0.4 is 0 Å². The molecule has 1 atom stereocenters. The van der Waals surface area contributed by atoms with Crippen molar-refractivity contribution in [3.8, 4) is 0 Å². The van der Waals surface area contributed by atoms with Gasteiger partial charge in [-0.2, -0.15) is 0 Å². The number of non-ortho nitro benzene ring substituents is 1. The van der Waals surface area contributed by atoms with Crippen LogP contribution in [0.4, 0.5) is 5.69 Å². The lowest BCUT2D eigenvalue weighted by atomic mass is 10.1. The van der Waals surface area contributed by atoms with Gasteiger partial charge in [-0.15, -0.1) is 0 Å². The number of Topliss-reactive ketones (excluding diaryl/α,β-unsaturated/α-hetero) is 2. The molecule has 0 amide bonds. The molecule has 0 heterocycles. The number of nitro groups is 1. The van der Waals surface area contributed by atoms with E-state index in [0.29, 0.717) is 5.56 Å². The third-order valence-electron chi connectivity index (χ3n) is 2.42. The molecule has 0 N–H and O–H groups in total. The van der Waals surface area contributed by atoms with E-state index < -0.39 is 29.2 Å². The highest BCUT2D eigenvalue weighted by Crippen LogP contribution is 2.22. The van der Waals surface area contributed by atoms with E-state index in [2.05, 4.69) is 0 Å². The minimum atomic E-state index is -1.16. The van der Waals surface area contributed by atoms with E-state index in [4.69, 9.17) is 4.74 Å². The lowest BCUT2D eigenvalue weighted by Crippen LogP contribution is -2.19. The Hall–Kier alpha value is -2.57. The SMILES string of the molecule is CC(=O)CC(=O)OC(C(C)=O)c1ccc([N+](=O)[O-])cc1. The van der Waals surface area contributed by atoms with Crippen LogP contribution in [-0.2, 0) is 19.1 Å². The van der Waals surface area contributed by atoms with Crippen LogP contribution in [0.25, 0.3) is 0 Å². The molecule has 0 aliphatic heterocycles. The van der Waals surface area contributed by atoms with E-state index in [1.165, 1.54) is 38.1 Å². The van der Waals surface area contributed by atoms with E-state index in [9.17, 15) is 24.5 Å². The third kappa shape index (κ3) is 4.27. The number of nitrogens with zero attached hydrogens (tertiary/aromatic N) is 1. The summed E-state index contributed by atoms with van der Waals surface area (Å²) in [7, 11) is 0. The maximum absolute atomic E-state index is 11.5. The van der Waals surface area contributed by atoms with Crippen molar-refractivity contribution in [2.45, 2.75) is 26.4 Å². The molecule has 7 heteroatoms. The Morgan fingerprint density at radius 1 is 1.20 bits per heavy atom. The van der Waals surface area contributed by atoms with Crippen LogP contribution in [0.5, 0.6) is 0 Å². The van der Waals surface area contributed by atoms with E-state index in [-0.39, 0.29) is 11.5 Å². The first kappa shape index (κ1) is 15.5. The molecule has 0 fully saturated rings. The molecule has 7 nitrogen and oxygen atoms in total. The fourth-order valence-corrected chi connectivity index (χ4v) is 1.53. The van der Waals surface area contributed by atoms with Crippen LogP contribution in [-0.4, -0.2) is 22.5 Å². The molecule has 20 heavy (non-hydrogen) atoms. The van der Waals surface area contributed by atoms with E-state index in [1.54, 1.807) is 0 Å². The minimum absolute atomic E-state index is 0.133. The summed E-state index contributed by atoms with van der Waals surface area (Å²) < 4.78 is 4.93. The smallest absolute Gasteiger partial charge is 0.314 e. The zero-order chi connectivity index (χ0) is 15.3. The van der Waals surface area contributed by atoms with Crippen LogP contribution >= 0.6 is 0 Å². The summed E-state index contributed by atoms with van der Waals surface area (Å²) in [5.41, 5.74) is 0.186. The zero-order valence-electron chi connectivity index (χ0n) is 11.0. The fraction of sp³-hybridized carbons (Fsp3) is 0.308. The van der Waals surface area contributed by atoms with Crippen molar-refractivity contribution < 1.29 is 24.0 Å². The van der Waals surface area contributed by atoms with Gasteiger partial charge < -0.3 is 4.74 Å². The molecule has 1 aromatic rings. The number of carbonyl (C=O) groups is 3. The summed E-state index contributed by atoms with van der Waals surface area (Å²) >= 11 is 0. The largest absolute Gasteiger partial charge is 0.449 e. The van der Waals surface area contributed by atoms with Crippen molar-refractivity contribution in [3.05, 3.63) is 39.9 Å². The minimum Gasteiger partial charge on any atom is -0.449 e. The Kier molecular flexibility index (Phi) is 5.08. The number of esters is 1. The lowest BCUT2D eigenvalue weighted by molar-refractivity contribution is -0.384. The summed E-state index contributed by atoms with van der Waals surface area (Å²) in [6, 6.07) is 5.10. The highest BCUT2D eigenvalue weighted by Gasteiger charge is 2.22. The van der Waals surface area contributed by atoms with Gasteiger partial charge in [-0.25, -0.2) is 0 Å². The Bertz CT molecular complexity index is 548. The van der Waals surface area contributed by atoms with Crippen LogP contribution in [0.2, 0.25) is 0 Å². The summed E-state index contributed by atoms with van der Waals surface area (Å²) in [6.45, 7) is 2.46. The number of rotatable bonds is 6. The second-order valence-electron chi connectivity index (χ2n) is 4.21. The van der Waals surface area contributed by atoms with Crippen molar-refractivity contribution in [1.29, 1.82) is 0 Å². The van der Waals surface area contributed by atoms with Gasteiger partial charge in [0.25, 0.3) is 5.69 Å². The molecular formula is C13H13NO6. The second-order valence-corrected chi connectivity index (χ2v) is 4.21. The molecule has 0 aliphatic carbocycles. The number of ether oxygens (including phenoxy) is 1. The van der Waals surface area contributed by atoms with Crippen LogP contribution in [0.15, 0.2) is 24.3 Å². The third-order valence-corrected chi connectivity index (χ3v) is 2.42. The maximum Gasteiger partial charge on any atom is 0.314 e. The molecule has 106 valence electrons. The summed E-state index contributed by atoms with van der Waals surface area (Å²) in [4.78, 5) is 43.7. The summed E-state index contributed by atoms with van der Waals surface area (Å²) in [6.07, 6.45) is -1.58. The number of benzene rings is 1. The van der Waals surface area contributed by atoms with E-state index >= 15 is 0 Å². The van der Waals surface area contributed by atoms with Gasteiger partial charge in [0.1, 0.15) is 12.2 Å². The number of hydrogen-bond acceptors (Lipinski definition) is 6. The van der Waals surface area contributed by atoms with Gasteiger partial charge in [0.15, 0.2) is 11.9 Å². The fourth-order valence-electron chi connectivity index (χ4n) is 1.53. The number of hydrogen-bond donors (Lipinski definition) is 0. The Balaban J connectivity index is 2.91. The van der Waals surface area contributed by atoms with Crippen LogP contribution in [0.1, 0.15) is 31.9 Å². The first-order valence-corrected chi connectivity index (χ1v) is 5.75. The van der Waals surface area contributed by atoms with Gasteiger partial charge >= 0.3 is 5.97 Å². The van der Waals surface area contributed by atoms with Crippen molar-refractivity contribution in [2.24, 2.45) is 0 Å². The molecule has 0 aliphatic rings. The number of carbonyl (C=O) groups excluding carboxylic acids is 3. The predicted octanol–water partition coefficient (Wildman–Crippen LogP) is 1.75. The molecule has 0 spiro atoms. The van der Waals surface area contributed by atoms with Crippen molar-refractivity contribution in [1.82, 2.24) is 0 Å². The monoisotopic (exact) mass is 279 g/mol. The average molecular weight is 279 g/mol. The first-order valence-electron chi connectivity index (χ1n) is 5.75. The van der Waals surface area contributed by atoms with Crippen molar-refractivity contribution >= 4 is 23.2 Å². The van der Waals surface area contributed by atoms with Gasteiger partial charge in [0.2, 0.25) is 0 Å². The quantitative estimate of drug-likeness (QED) is 0.340. The zero-order valence-corrected chi connectivity index (χ0v) is 11.0. The highest BCUT2D eigenvalue weighted by atomic mass is 16.6. The molecule has 0 saturated heterocycles. The molecule has 0 bridgehead atoms.